The third-order valence-corrected chi connectivity index (χ3v) is 2.36. The minimum absolute atomic E-state index is 0.246. The van der Waals surface area contributed by atoms with Crippen LogP contribution in [0.15, 0.2) is 36.7 Å². The summed E-state index contributed by atoms with van der Waals surface area (Å²) in [6.45, 7) is 2.64. The number of nitrogens with zero attached hydrogens (tertiary/aromatic N) is 2. The number of amides is 1. The fraction of sp³-hybridized carbons (Fsp3) is 0.154. The van der Waals surface area contributed by atoms with Gasteiger partial charge in [-0.1, -0.05) is 0 Å². The van der Waals surface area contributed by atoms with Crippen LogP contribution in [-0.2, 0) is 0 Å². The first-order valence-corrected chi connectivity index (χ1v) is 5.82. The Kier molecular flexibility index (Phi) is 4.02. The molecule has 5 nitrogen and oxygen atoms in total. The van der Waals surface area contributed by atoms with Crippen LogP contribution in [0.2, 0.25) is 0 Å². The number of halogens is 1. The zero-order valence-electron chi connectivity index (χ0n) is 10.4. The predicted molar refractivity (Wildman–Crippen MR) is 70.5 cm³/mol. The summed E-state index contributed by atoms with van der Waals surface area (Å²) in [6.07, 6.45) is 1.32. The molecule has 1 heterocycles. The second-order valence-electron chi connectivity index (χ2n) is 3.78. The first-order valence-electron chi connectivity index (χ1n) is 5.82. The van der Waals surface area contributed by atoms with Gasteiger partial charge in [-0.25, -0.2) is 14.4 Å². The highest BCUT2D eigenvalue weighted by atomic mass is 19.1. The molecule has 98 valence electrons. The van der Waals surface area contributed by atoms with Crippen LogP contribution in [0.5, 0.6) is 0 Å². The van der Waals surface area contributed by atoms with E-state index in [-0.39, 0.29) is 17.4 Å². The molecule has 2 aromatic rings. The molecule has 0 fully saturated rings. The summed E-state index contributed by atoms with van der Waals surface area (Å²) in [4.78, 5) is 19.8. The minimum atomic E-state index is -0.367. The zero-order valence-corrected chi connectivity index (χ0v) is 10.4. The molecule has 6 heteroatoms. The largest absolute Gasteiger partial charge is 0.370 e. The fourth-order valence-electron chi connectivity index (χ4n) is 1.49. The molecule has 0 spiro atoms. The monoisotopic (exact) mass is 260 g/mol. The van der Waals surface area contributed by atoms with Gasteiger partial charge in [0.15, 0.2) is 0 Å². The third kappa shape index (κ3) is 3.48. The maximum Gasteiger partial charge on any atom is 0.274 e. The summed E-state index contributed by atoms with van der Waals surface area (Å²) in [5.74, 6) is -0.135. The molecule has 2 N–H and O–H groups in total. The number of nitrogens with one attached hydrogen (secondary N) is 2. The second kappa shape index (κ2) is 5.90. The number of anilines is 2. The van der Waals surface area contributed by atoms with E-state index in [9.17, 15) is 9.18 Å². The molecule has 0 atom stereocenters. The highest BCUT2D eigenvalue weighted by Crippen LogP contribution is 2.10. The maximum atomic E-state index is 12.7. The van der Waals surface area contributed by atoms with Gasteiger partial charge in [-0.2, -0.15) is 0 Å². The second-order valence-corrected chi connectivity index (χ2v) is 3.78. The molecule has 1 amide bonds. The quantitative estimate of drug-likeness (QED) is 0.885. The molecule has 19 heavy (non-hydrogen) atoms. The van der Waals surface area contributed by atoms with Crippen LogP contribution in [0.4, 0.5) is 15.9 Å². The molecular weight excluding hydrogens is 247 g/mol. The average molecular weight is 260 g/mol. The van der Waals surface area contributed by atoms with Gasteiger partial charge in [-0.3, -0.25) is 4.79 Å². The molecule has 0 aliphatic heterocycles. The van der Waals surface area contributed by atoms with E-state index in [1.165, 1.54) is 30.6 Å². The van der Waals surface area contributed by atoms with Gasteiger partial charge in [0.2, 0.25) is 0 Å². The van der Waals surface area contributed by atoms with E-state index in [0.717, 1.165) is 0 Å². The van der Waals surface area contributed by atoms with Crippen LogP contribution in [-0.4, -0.2) is 22.4 Å². The minimum Gasteiger partial charge on any atom is -0.370 e. The first kappa shape index (κ1) is 12.9. The summed E-state index contributed by atoms with van der Waals surface area (Å²) in [7, 11) is 0. The maximum absolute atomic E-state index is 12.7. The van der Waals surface area contributed by atoms with Crippen molar-refractivity contribution in [1.29, 1.82) is 0 Å². The lowest BCUT2D eigenvalue weighted by Gasteiger charge is -2.06. The van der Waals surface area contributed by atoms with Crippen molar-refractivity contribution in [3.05, 3.63) is 48.2 Å². The molecule has 0 aliphatic rings. The summed E-state index contributed by atoms with van der Waals surface area (Å²) in [5.41, 5.74) is 0.755. The SMILES string of the molecule is CCNc1cc(C(=O)Nc2ccc(F)cc2)ncn1. The Hall–Kier alpha value is -2.50. The van der Waals surface area contributed by atoms with Crippen molar-refractivity contribution in [1.82, 2.24) is 9.97 Å². The van der Waals surface area contributed by atoms with Crippen LogP contribution < -0.4 is 10.6 Å². The van der Waals surface area contributed by atoms with E-state index in [2.05, 4.69) is 20.6 Å². The normalized spacial score (nSPS) is 10.0. The van der Waals surface area contributed by atoms with Crippen molar-refractivity contribution in [2.24, 2.45) is 0 Å². The Balaban J connectivity index is 2.11. The van der Waals surface area contributed by atoms with Crippen molar-refractivity contribution in [3.63, 3.8) is 0 Å². The van der Waals surface area contributed by atoms with E-state index in [4.69, 9.17) is 0 Å². The lowest BCUT2D eigenvalue weighted by atomic mass is 10.3. The topological polar surface area (TPSA) is 66.9 Å². The average Bonchev–Trinajstić information content (AvgIpc) is 2.42. The van der Waals surface area contributed by atoms with Gasteiger partial charge in [-0.05, 0) is 31.2 Å². The summed E-state index contributed by atoms with van der Waals surface area (Å²) >= 11 is 0. The number of carbonyl (C=O) groups is 1. The molecule has 0 bridgehead atoms. The molecule has 0 saturated heterocycles. The number of aromatic nitrogens is 2. The molecule has 0 unspecified atom stereocenters. The van der Waals surface area contributed by atoms with Crippen LogP contribution >= 0.6 is 0 Å². The van der Waals surface area contributed by atoms with Crippen LogP contribution in [0.25, 0.3) is 0 Å². The van der Waals surface area contributed by atoms with Crippen LogP contribution in [0, 0.1) is 5.82 Å². The van der Waals surface area contributed by atoms with E-state index in [1.54, 1.807) is 6.07 Å². The van der Waals surface area contributed by atoms with Gasteiger partial charge in [0.25, 0.3) is 5.91 Å². The Morgan fingerprint density at radius 2 is 2.00 bits per heavy atom. The highest BCUT2D eigenvalue weighted by Gasteiger charge is 2.08. The molecule has 1 aromatic carbocycles. The lowest BCUT2D eigenvalue weighted by molar-refractivity contribution is 0.102. The van der Waals surface area contributed by atoms with Gasteiger partial charge in [0, 0.05) is 18.3 Å². The fourth-order valence-corrected chi connectivity index (χ4v) is 1.49. The Morgan fingerprint density at radius 1 is 1.26 bits per heavy atom. The van der Waals surface area contributed by atoms with E-state index < -0.39 is 0 Å². The van der Waals surface area contributed by atoms with E-state index in [1.807, 2.05) is 6.92 Å². The van der Waals surface area contributed by atoms with Gasteiger partial charge in [0.1, 0.15) is 23.7 Å². The third-order valence-electron chi connectivity index (χ3n) is 2.36. The Morgan fingerprint density at radius 3 is 2.68 bits per heavy atom. The molecule has 0 radical (unpaired) electrons. The van der Waals surface area contributed by atoms with Crippen molar-refractivity contribution in [3.8, 4) is 0 Å². The predicted octanol–water partition coefficient (Wildman–Crippen LogP) is 2.30. The van der Waals surface area contributed by atoms with Crippen molar-refractivity contribution >= 4 is 17.4 Å². The smallest absolute Gasteiger partial charge is 0.274 e. The first-order chi connectivity index (χ1) is 9.19. The van der Waals surface area contributed by atoms with Crippen LogP contribution in [0.3, 0.4) is 0 Å². The highest BCUT2D eigenvalue weighted by molar-refractivity contribution is 6.03. The van der Waals surface area contributed by atoms with Gasteiger partial charge in [-0.15, -0.1) is 0 Å². The zero-order chi connectivity index (χ0) is 13.7. The molecule has 1 aromatic heterocycles. The van der Waals surface area contributed by atoms with Gasteiger partial charge < -0.3 is 10.6 Å². The number of benzene rings is 1. The number of carbonyl (C=O) groups excluding carboxylic acids is 1. The Labute approximate surface area is 109 Å². The number of rotatable bonds is 4. The van der Waals surface area contributed by atoms with E-state index in [0.29, 0.717) is 18.1 Å². The Bertz CT molecular complexity index is 571. The lowest BCUT2D eigenvalue weighted by Crippen LogP contribution is -2.14. The number of hydrogen-bond donors (Lipinski definition) is 2. The standard InChI is InChI=1S/C13H13FN4O/c1-2-15-12-7-11(16-8-17-12)13(19)18-10-5-3-9(14)4-6-10/h3-8H,2H2,1H3,(H,18,19)(H,15,16,17). The number of hydrogen-bond acceptors (Lipinski definition) is 4. The van der Waals surface area contributed by atoms with Crippen molar-refractivity contribution < 1.29 is 9.18 Å². The summed E-state index contributed by atoms with van der Waals surface area (Å²) in [5, 5.41) is 5.62. The van der Waals surface area contributed by atoms with Crippen LogP contribution in [0.1, 0.15) is 17.4 Å². The van der Waals surface area contributed by atoms with Crippen molar-refractivity contribution in [2.75, 3.05) is 17.2 Å². The molecule has 2 rings (SSSR count). The van der Waals surface area contributed by atoms with Gasteiger partial charge in [0.05, 0.1) is 0 Å². The molecule has 0 saturated carbocycles. The summed E-state index contributed by atoms with van der Waals surface area (Å²) < 4.78 is 12.7. The van der Waals surface area contributed by atoms with Gasteiger partial charge >= 0.3 is 0 Å². The summed E-state index contributed by atoms with van der Waals surface area (Å²) in [6, 6.07) is 7.08. The van der Waals surface area contributed by atoms with E-state index >= 15 is 0 Å². The molecule has 0 aliphatic carbocycles. The van der Waals surface area contributed by atoms with Crippen molar-refractivity contribution in [2.45, 2.75) is 6.92 Å². The molecular formula is C13H13FN4O.